The van der Waals surface area contributed by atoms with E-state index in [1.165, 1.54) is 11.4 Å². The van der Waals surface area contributed by atoms with Crippen LogP contribution in [0.15, 0.2) is 93.3 Å². The topological polar surface area (TPSA) is 92.0 Å². The maximum Gasteiger partial charge on any atom is 0.271 e. The van der Waals surface area contributed by atoms with E-state index < -0.39 is 10.0 Å². The summed E-state index contributed by atoms with van der Waals surface area (Å²) in [6, 6.07) is 23.0. The molecular formula is C26H25N3O4S. The first-order valence-electron chi connectivity index (χ1n) is 10.7. The van der Waals surface area contributed by atoms with Crippen LogP contribution in [-0.2, 0) is 16.6 Å². The molecule has 0 fully saturated rings. The molecule has 4 rings (SSSR count). The lowest BCUT2D eigenvalue weighted by Gasteiger charge is -2.17. The Morgan fingerprint density at radius 2 is 1.68 bits per heavy atom. The van der Waals surface area contributed by atoms with Crippen molar-refractivity contribution in [2.75, 3.05) is 7.05 Å². The molecule has 0 spiro atoms. The fourth-order valence-corrected chi connectivity index (χ4v) is 4.57. The van der Waals surface area contributed by atoms with Crippen LogP contribution in [0, 0.1) is 6.92 Å². The molecule has 0 aliphatic rings. The zero-order valence-electron chi connectivity index (χ0n) is 19.1. The van der Waals surface area contributed by atoms with Crippen LogP contribution in [0.4, 0.5) is 0 Å². The third kappa shape index (κ3) is 5.08. The van der Waals surface area contributed by atoms with Crippen LogP contribution in [-0.4, -0.2) is 31.4 Å². The number of carbonyl (C=O) groups excluding carboxylic acids is 1. The standard InChI is InChI=1S/C26H25N3O4S/c1-18-8-14-23(15-9-18)34(31,32)29(3)17-20-10-12-21(13-11-20)26(30)28-27-19(2)25-16-22-6-4-5-7-24(22)33-25/h4-16H,17H2,1-3H3,(H,28,30)/b27-19-. The molecule has 1 aromatic heterocycles. The molecule has 0 saturated heterocycles. The fraction of sp³-hybridized carbons (Fsp3) is 0.154. The number of hydrogen-bond donors (Lipinski definition) is 1. The van der Waals surface area contributed by atoms with Crippen molar-refractivity contribution in [3.8, 4) is 0 Å². The van der Waals surface area contributed by atoms with Gasteiger partial charge in [0.1, 0.15) is 11.3 Å². The van der Waals surface area contributed by atoms with E-state index in [2.05, 4.69) is 10.5 Å². The van der Waals surface area contributed by atoms with Crippen molar-refractivity contribution in [3.63, 3.8) is 0 Å². The van der Waals surface area contributed by atoms with E-state index in [0.717, 1.165) is 22.1 Å². The maximum absolute atomic E-state index is 12.8. The Balaban J connectivity index is 1.40. The van der Waals surface area contributed by atoms with Crippen molar-refractivity contribution in [3.05, 3.63) is 101 Å². The van der Waals surface area contributed by atoms with E-state index in [0.29, 0.717) is 17.0 Å². The zero-order chi connectivity index (χ0) is 24.3. The normalized spacial score (nSPS) is 12.3. The second-order valence-electron chi connectivity index (χ2n) is 8.06. The van der Waals surface area contributed by atoms with E-state index in [4.69, 9.17) is 4.42 Å². The molecule has 1 N–H and O–H groups in total. The summed E-state index contributed by atoms with van der Waals surface area (Å²) >= 11 is 0. The summed E-state index contributed by atoms with van der Waals surface area (Å²) in [5.41, 5.74) is 6.00. The maximum atomic E-state index is 12.8. The van der Waals surface area contributed by atoms with Crippen LogP contribution in [0.25, 0.3) is 11.0 Å². The summed E-state index contributed by atoms with van der Waals surface area (Å²) in [6.45, 7) is 3.84. The number of hydrazone groups is 1. The van der Waals surface area contributed by atoms with Gasteiger partial charge in [-0.25, -0.2) is 13.8 Å². The molecule has 4 aromatic rings. The van der Waals surface area contributed by atoms with Gasteiger partial charge in [-0.1, -0.05) is 48.0 Å². The number of amides is 1. The third-order valence-electron chi connectivity index (χ3n) is 5.46. The molecule has 0 atom stereocenters. The molecule has 1 amide bonds. The van der Waals surface area contributed by atoms with Crippen molar-refractivity contribution in [2.24, 2.45) is 5.10 Å². The molecule has 0 aliphatic heterocycles. The average molecular weight is 476 g/mol. The van der Waals surface area contributed by atoms with Gasteiger partial charge in [0, 0.05) is 24.5 Å². The van der Waals surface area contributed by atoms with Gasteiger partial charge < -0.3 is 4.42 Å². The number of rotatable bonds is 7. The van der Waals surface area contributed by atoms with Crippen LogP contribution < -0.4 is 5.43 Å². The Hall–Kier alpha value is -3.75. The molecule has 7 nitrogen and oxygen atoms in total. The number of carbonyl (C=O) groups is 1. The van der Waals surface area contributed by atoms with Gasteiger partial charge in [0.25, 0.3) is 5.91 Å². The Morgan fingerprint density at radius 3 is 2.35 bits per heavy atom. The first-order valence-corrected chi connectivity index (χ1v) is 12.1. The lowest BCUT2D eigenvalue weighted by atomic mass is 10.1. The number of furan rings is 1. The lowest BCUT2D eigenvalue weighted by molar-refractivity contribution is 0.0954. The highest BCUT2D eigenvalue weighted by Gasteiger charge is 2.20. The summed E-state index contributed by atoms with van der Waals surface area (Å²) in [5.74, 6) is 0.206. The monoisotopic (exact) mass is 475 g/mol. The van der Waals surface area contributed by atoms with Gasteiger partial charge in [-0.2, -0.15) is 9.41 Å². The van der Waals surface area contributed by atoms with Gasteiger partial charge in [0.15, 0.2) is 5.76 Å². The number of nitrogens with zero attached hydrogens (tertiary/aromatic N) is 2. The van der Waals surface area contributed by atoms with Gasteiger partial charge in [-0.15, -0.1) is 0 Å². The van der Waals surface area contributed by atoms with Gasteiger partial charge in [0.2, 0.25) is 10.0 Å². The van der Waals surface area contributed by atoms with Gasteiger partial charge in [-0.05, 0) is 55.8 Å². The van der Waals surface area contributed by atoms with Gasteiger partial charge in [0.05, 0.1) is 4.90 Å². The highest BCUT2D eigenvalue weighted by Crippen LogP contribution is 2.20. The molecule has 0 unspecified atom stereocenters. The quantitative estimate of drug-likeness (QED) is 0.309. The minimum absolute atomic E-state index is 0.182. The number of benzene rings is 3. The predicted molar refractivity (Wildman–Crippen MR) is 132 cm³/mol. The minimum Gasteiger partial charge on any atom is -0.455 e. The number of aryl methyl sites for hydroxylation is 1. The summed E-state index contributed by atoms with van der Waals surface area (Å²) < 4.78 is 32.6. The van der Waals surface area contributed by atoms with Crippen LogP contribution in [0.5, 0.6) is 0 Å². The van der Waals surface area contributed by atoms with Gasteiger partial charge >= 0.3 is 0 Å². The van der Waals surface area contributed by atoms with Crippen molar-refractivity contribution in [2.45, 2.75) is 25.3 Å². The number of hydrogen-bond acceptors (Lipinski definition) is 5. The van der Waals surface area contributed by atoms with Crippen molar-refractivity contribution >= 4 is 32.6 Å². The number of fused-ring (bicyclic) bond motifs is 1. The summed E-state index contributed by atoms with van der Waals surface area (Å²) in [7, 11) is -2.07. The molecule has 3 aromatic carbocycles. The van der Waals surface area contributed by atoms with E-state index in [9.17, 15) is 13.2 Å². The van der Waals surface area contributed by atoms with E-state index in [-0.39, 0.29) is 17.3 Å². The minimum atomic E-state index is -3.61. The molecule has 0 radical (unpaired) electrons. The Labute approximate surface area is 198 Å². The Kier molecular flexibility index (Phi) is 6.63. The molecule has 8 heteroatoms. The Morgan fingerprint density at radius 1 is 1.00 bits per heavy atom. The zero-order valence-corrected chi connectivity index (χ0v) is 20.0. The second-order valence-corrected chi connectivity index (χ2v) is 10.1. The molecule has 0 saturated carbocycles. The molecule has 34 heavy (non-hydrogen) atoms. The van der Waals surface area contributed by atoms with Crippen LogP contribution in [0.2, 0.25) is 0 Å². The van der Waals surface area contributed by atoms with E-state index >= 15 is 0 Å². The highest BCUT2D eigenvalue weighted by molar-refractivity contribution is 7.89. The number of nitrogens with one attached hydrogen (secondary N) is 1. The Bertz CT molecular complexity index is 1420. The summed E-state index contributed by atoms with van der Waals surface area (Å²) in [4.78, 5) is 12.7. The second kappa shape index (κ2) is 9.62. The predicted octanol–water partition coefficient (Wildman–Crippen LogP) is 4.72. The average Bonchev–Trinajstić information content (AvgIpc) is 3.27. The number of sulfonamides is 1. The smallest absolute Gasteiger partial charge is 0.271 e. The third-order valence-corrected chi connectivity index (χ3v) is 7.28. The highest BCUT2D eigenvalue weighted by atomic mass is 32.2. The molecule has 174 valence electrons. The van der Waals surface area contributed by atoms with E-state index in [1.54, 1.807) is 55.5 Å². The van der Waals surface area contributed by atoms with Crippen molar-refractivity contribution < 1.29 is 17.6 Å². The molecular weight excluding hydrogens is 450 g/mol. The first kappa shape index (κ1) is 23.4. The van der Waals surface area contributed by atoms with Crippen LogP contribution >= 0.6 is 0 Å². The molecule has 0 aliphatic carbocycles. The molecule has 0 bridgehead atoms. The van der Waals surface area contributed by atoms with Crippen molar-refractivity contribution in [1.29, 1.82) is 0 Å². The molecule has 1 heterocycles. The van der Waals surface area contributed by atoms with Crippen molar-refractivity contribution in [1.82, 2.24) is 9.73 Å². The summed E-state index contributed by atoms with van der Waals surface area (Å²) in [6.07, 6.45) is 0. The number of para-hydroxylation sites is 1. The van der Waals surface area contributed by atoms with Gasteiger partial charge in [-0.3, -0.25) is 4.79 Å². The van der Waals surface area contributed by atoms with E-state index in [1.807, 2.05) is 37.3 Å². The first-order chi connectivity index (χ1) is 16.2. The lowest BCUT2D eigenvalue weighted by Crippen LogP contribution is -2.26. The van der Waals surface area contributed by atoms with Crippen LogP contribution in [0.1, 0.15) is 34.2 Å². The fourth-order valence-electron chi connectivity index (χ4n) is 3.41. The van der Waals surface area contributed by atoms with Crippen LogP contribution in [0.3, 0.4) is 0 Å². The summed E-state index contributed by atoms with van der Waals surface area (Å²) in [5, 5.41) is 5.11. The largest absolute Gasteiger partial charge is 0.455 e. The SMILES string of the molecule is C/C(=N/NC(=O)c1ccc(CN(C)S(=O)(=O)c2ccc(C)cc2)cc1)c1cc2ccccc2o1.